The van der Waals surface area contributed by atoms with Crippen LogP contribution < -0.4 is 4.80 Å². The van der Waals surface area contributed by atoms with Gasteiger partial charge < -0.3 is 9.30 Å². The number of benzene rings is 2. The van der Waals surface area contributed by atoms with Gasteiger partial charge in [0, 0.05) is 17.7 Å². The van der Waals surface area contributed by atoms with Crippen molar-refractivity contribution < 1.29 is 19.2 Å². The summed E-state index contributed by atoms with van der Waals surface area (Å²) in [4.78, 5) is 40.1. The Morgan fingerprint density at radius 1 is 1.24 bits per heavy atom. The van der Waals surface area contributed by atoms with E-state index in [0.29, 0.717) is 22.2 Å². The number of non-ortho nitro benzene ring substituents is 1. The summed E-state index contributed by atoms with van der Waals surface area (Å²) in [6.45, 7) is 3.73. The normalized spacial score (nSPS) is 12.7. The Morgan fingerprint density at radius 3 is 2.52 bits per heavy atom. The summed E-state index contributed by atoms with van der Waals surface area (Å²) in [5.74, 6) is -0.936. The van der Waals surface area contributed by atoms with Gasteiger partial charge in [-0.1, -0.05) is 36.0 Å². The van der Waals surface area contributed by atoms with Crippen LogP contribution in [0.1, 0.15) is 35.3 Å². The first-order valence-electron chi connectivity index (χ1n) is 8.88. The molecule has 8 nitrogen and oxygen atoms in total. The zero-order valence-corrected chi connectivity index (χ0v) is 16.9. The zero-order chi connectivity index (χ0) is 21.1. The van der Waals surface area contributed by atoms with Gasteiger partial charge in [-0.15, -0.1) is 0 Å². The maximum absolute atomic E-state index is 12.7. The minimum Gasteiger partial charge on any atom is -0.467 e. The van der Waals surface area contributed by atoms with Crippen LogP contribution in [0.4, 0.5) is 5.69 Å². The van der Waals surface area contributed by atoms with Gasteiger partial charge in [-0.05, 0) is 31.5 Å². The lowest BCUT2D eigenvalue weighted by Crippen LogP contribution is -2.28. The van der Waals surface area contributed by atoms with E-state index in [1.54, 1.807) is 22.8 Å². The predicted molar refractivity (Wildman–Crippen MR) is 109 cm³/mol. The monoisotopic (exact) mass is 413 g/mol. The van der Waals surface area contributed by atoms with Crippen molar-refractivity contribution in [3.8, 4) is 0 Å². The number of amides is 1. The van der Waals surface area contributed by atoms with Crippen molar-refractivity contribution >= 4 is 39.1 Å². The van der Waals surface area contributed by atoms with E-state index in [4.69, 9.17) is 4.74 Å². The Balaban J connectivity index is 2.24. The number of aryl methyl sites for hydroxylation is 1. The number of ether oxygens (including phenoxy) is 1. The fraction of sp³-hybridized carbons (Fsp3) is 0.250. The maximum Gasteiger partial charge on any atom is 0.328 e. The van der Waals surface area contributed by atoms with Crippen molar-refractivity contribution in [2.75, 3.05) is 7.11 Å². The van der Waals surface area contributed by atoms with E-state index in [0.717, 1.165) is 16.9 Å². The standard InChI is InChI=1S/C20H19N3O5S/c1-4-15(19(25)28-3)22-16-10-9-14(23(26)27)11-17(16)29-20(22)21-18(24)13-7-5-12(2)6-8-13/h5-11,15H,4H2,1-3H3/b21-20-. The number of esters is 1. The molecule has 0 saturated heterocycles. The number of nitro groups is 1. The number of nitro benzene ring substituents is 1. The van der Waals surface area contributed by atoms with Gasteiger partial charge in [-0.25, -0.2) is 4.79 Å². The lowest BCUT2D eigenvalue weighted by molar-refractivity contribution is -0.384. The van der Waals surface area contributed by atoms with Crippen LogP contribution in [0.2, 0.25) is 0 Å². The smallest absolute Gasteiger partial charge is 0.328 e. The fourth-order valence-electron chi connectivity index (χ4n) is 2.96. The first-order chi connectivity index (χ1) is 13.8. The van der Waals surface area contributed by atoms with E-state index >= 15 is 0 Å². The molecule has 0 aliphatic rings. The number of hydrogen-bond donors (Lipinski definition) is 0. The number of fused-ring (bicyclic) bond motifs is 1. The number of nitrogens with zero attached hydrogens (tertiary/aromatic N) is 3. The van der Waals surface area contributed by atoms with Gasteiger partial charge in [0.25, 0.3) is 11.6 Å². The molecule has 29 heavy (non-hydrogen) atoms. The van der Waals surface area contributed by atoms with Crippen LogP contribution in [0.5, 0.6) is 0 Å². The molecule has 0 saturated carbocycles. The maximum atomic E-state index is 12.7. The third-order valence-corrected chi connectivity index (χ3v) is 5.51. The van der Waals surface area contributed by atoms with Crippen molar-refractivity contribution in [3.63, 3.8) is 0 Å². The van der Waals surface area contributed by atoms with Crippen LogP contribution in [0.15, 0.2) is 47.5 Å². The van der Waals surface area contributed by atoms with Crippen LogP contribution in [0.25, 0.3) is 10.2 Å². The molecule has 1 heterocycles. The average molecular weight is 413 g/mol. The highest BCUT2D eigenvalue weighted by atomic mass is 32.1. The molecule has 2 aromatic carbocycles. The van der Waals surface area contributed by atoms with E-state index < -0.39 is 22.8 Å². The third-order valence-electron chi connectivity index (χ3n) is 4.49. The molecule has 0 N–H and O–H groups in total. The first kappa shape index (κ1) is 20.4. The fourth-order valence-corrected chi connectivity index (χ4v) is 4.06. The molecule has 1 unspecified atom stereocenters. The van der Waals surface area contributed by atoms with E-state index in [1.165, 1.54) is 19.2 Å². The second-order valence-corrected chi connectivity index (χ2v) is 7.40. The Hall–Kier alpha value is -3.33. The van der Waals surface area contributed by atoms with E-state index in [1.807, 2.05) is 26.0 Å². The number of carbonyl (C=O) groups excluding carboxylic acids is 2. The van der Waals surface area contributed by atoms with Crippen molar-refractivity contribution in [2.45, 2.75) is 26.3 Å². The topological polar surface area (TPSA) is 104 Å². The quantitative estimate of drug-likeness (QED) is 0.360. The van der Waals surface area contributed by atoms with Gasteiger partial charge >= 0.3 is 5.97 Å². The van der Waals surface area contributed by atoms with E-state index in [9.17, 15) is 19.7 Å². The van der Waals surface area contributed by atoms with Crippen molar-refractivity contribution in [1.82, 2.24) is 4.57 Å². The molecule has 0 fully saturated rings. The summed E-state index contributed by atoms with van der Waals surface area (Å²) in [6.07, 6.45) is 0.404. The Bertz CT molecular complexity index is 1160. The summed E-state index contributed by atoms with van der Waals surface area (Å²) in [5.41, 5.74) is 1.93. The van der Waals surface area contributed by atoms with Crippen LogP contribution in [-0.2, 0) is 9.53 Å². The van der Waals surface area contributed by atoms with Crippen LogP contribution in [-0.4, -0.2) is 28.5 Å². The molecule has 0 spiro atoms. The summed E-state index contributed by atoms with van der Waals surface area (Å²) in [6, 6.07) is 10.6. The van der Waals surface area contributed by atoms with Gasteiger partial charge in [0.15, 0.2) is 4.80 Å². The molecule has 9 heteroatoms. The second kappa shape index (κ2) is 8.36. The lowest BCUT2D eigenvalue weighted by Gasteiger charge is -2.15. The molecular formula is C20H19N3O5S. The predicted octanol–water partition coefficient (Wildman–Crippen LogP) is 3.78. The Morgan fingerprint density at radius 2 is 1.93 bits per heavy atom. The highest BCUT2D eigenvalue weighted by molar-refractivity contribution is 7.16. The number of aromatic nitrogens is 1. The number of thiazole rings is 1. The summed E-state index contributed by atoms with van der Waals surface area (Å²) in [5, 5.41) is 11.1. The van der Waals surface area contributed by atoms with Gasteiger partial charge in [0.1, 0.15) is 6.04 Å². The van der Waals surface area contributed by atoms with Gasteiger partial charge in [-0.3, -0.25) is 14.9 Å². The third kappa shape index (κ3) is 4.09. The van der Waals surface area contributed by atoms with Gasteiger partial charge in [-0.2, -0.15) is 4.99 Å². The van der Waals surface area contributed by atoms with Crippen molar-refractivity contribution in [3.05, 3.63) is 68.5 Å². The van der Waals surface area contributed by atoms with Crippen LogP contribution in [0, 0.1) is 17.0 Å². The number of methoxy groups -OCH3 is 1. The molecule has 1 aromatic heterocycles. The van der Waals surface area contributed by atoms with Crippen LogP contribution >= 0.6 is 11.3 Å². The Kier molecular flexibility index (Phi) is 5.88. The van der Waals surface area contributed by atoms with Gasteiger partial charge in [0.2, 0.25) is 0 Å². The summed E-state index contributed by atoms with van der Waals surface area (Å²) < 4.78 is 7.07. The van der Waals surface area contributed by atoms with Crippen molar-refractivity contribution in [1.29, 1.82) is 0 Å². The summed E-state index contributed by atoms with van der Waals surface area (Å²) >= 11 is 1.12. The first-order valence-corrected chi connectivity index (χ1v) is 9.70. The molecule has 0 aliphatic carbocycles. The molecular weight excluding hydrogens is 394 g/mol. The molecule has 1 amide bonds. The minimum atomic E-state index is -0.709. The largest absolute Gasteiger partial charge is 0.467 e. The number of hydrogen-bond acceptors (Lipinski definition) is 6. The average Bonchev–Trinajstić information content (AvgIpc) is 3.05. The SMILES string of the molecule is CCC(C(=O)OC)n1/c(=N/C(=O)c2ccc(C)cc2)sc2cc([N+](=O)[O-])ccc21. The minimum absolute atomic E-state index is 0.0755. The molecule has 1 atom stereocenters. The Labute approximate surface area is 170 Å². The zero-order valence-electron chi connectivity index (χ0n) is 16.1. The molecule has 150 valence electrons. The second-order valence-electron chi connectivity index (χ2n) is 6.39. The molecule has 3 aromatic rings. The number of rotatable bonds is 5. The highest BCUT2D eigenvalue weighted by Crippen LogP contribution is 2.27. The number of carbonyl (C=O) groups is 2. The van der Waals surface area contributed by atoms with Gasteiger partial charge in [0.05, 0.1) is 22.2 Å². The highest BCUT2D eigenvalue weighted by Gasteiger charge is 2.24. The van der Waals surface area contributed by atoms with E-state index in [-0.39, 0.29) is 10.5 Å². The molecule has 0 bridgehead atoms. The molecule has 3 rings (SSSR count). The molecule has 0 radical (unpaired) electrons. The van der Waals surface area contributed by atoms with Crippen LogP contribution in [0.3, 0.4) is 0 Å². The lowest BCUT2D eigenvalue weighted by atomic mass is 10.1. The summed E-state index contributed by atoms with van der Waals surface area (Å²) in [7, 11) is 1.29. The van der Waals surface area contributed by atoms with Crippen molar-refractivity contribution in [2.24, 2.45) is 4.99 Å². The molecule has 0 aliphatic heterocycles. The van der Waals surface area contributed by atoms with E-state index in [2.05, 4.69) is 4.99 Å².